The third-order valence-corrected chi connectivity index (χ3v) is 12.9. The zero-order valence-electron chi connectivity index (χ0n) is 44.2. The summed E-state index contributed by atoms with van der Waals surface area (Å²) >= 11 is 0. The summed E-state index contributed by atoms with van der Waals surface area (Å²) in [6, 6.07) is 0. The minimum atomic E-state index is -0.785. The van der Waals surface area contributed by atoms with Gasteiger partial charge < -0.3 is 14.2 Å². The van der Waals surface area contributed by atoms with Crippen LogP contribution in [0.3, 0.4) is 0 Å². The molecule has 0 aliphatic heterocycles. The number of esters is 3. The summed E-state index contributed by atoms with van der Waals surface area (Å²) in [6.45, 7) is 6.64. The molecule has 0 fully saturated rings. The van der Waals surface area contributed by atoms with Gasteiger partial charge in [0, 0.05) is 19.3 Å². The van der Waals surface area contributed by atoms with Crippen molar-refractivity contribution >= 4 is 17.9 Å². The van der Waals surface area contributed by atoms with Crippen LogP contribution in [-0.4, -0.2) is 37.2 Å². The van der Waals surface area contributed by atoms with E-state index < -0.39 is 6.10 Å². The number of carbonyl (C=O) groups is 3. The number of hydrogen-bond donors (Lipinski definition) is 0. The quantitative estimate of drug-likeness (QED) is 0.0199. The number of ether oxygens (including phenoxy) is 3. The molecular weight excluding hydrogens is 817 g/mol. The Morgan fingerprint density at radius 3 is 0.879 bits per heavy atom. The lowest BCUT2D eigenvalue weighted by Gasteiger charge is -2.18. The summed E-state index contributed by atoms with van der Waals surface area (Å²) in [5.74, 6) is -0.895. The number of allylic oxidation sites excluding steroid dienone is 6. The lowest BCUT2D eigenvalue weighted by Crippen LogP contribution is -2.30. The molecule has 1 atom stereocenters. The van der Waals surface area contributed by atoms with Gasteiger partial charge in [-0.05, 0) is 70.6 Å². The summed E-state index contributed by atoms with van der Waals surface area (Å²) in [6.07, 6.45) is 65.6. The lowest BCUT2D eigenvalue weighted by molar-refractivity contribution is -0.167. The van der Waals surface area contributed by atoms with Crippen LogP contribution in [0.1, 0.15) is 310 Å². The molecule has 6 nitrogen and oxygen atoms in total. The van der Waals surface area contributed by atoms with E-state index in [1.165, 1.54) is 199 Å². The van der Waals surface area contributed by atoms with Crippen molar-refractivity contribution in [3.63, 3.8) is 0 Å². The number of rotatable bonds is 53. The normalized spacial score (nSPS) is 12.2. The maximum atomic E-state index is 12.8. The van der Waals surface area contributed by atoms with Crippen LogP contribution in [-0.2, 0) is 28.6 Å². The molecule has 0 radical (unpaired) electrons. The molecule has 0 saturated heterocycles. The standard InChI is InChI=1S/C60H110O6/c1-4-7-10-13-16-19-22-25-28-30-33-35-38-41-44-47-50-53-59(62)65-56-57(55-64-58(61)52-49-46-43-40-37-34-31-27-24-21-18-15-12-9-6-3)66-60(63)54-51-48-45-42-39-36-32-29-26-23-20-17-14-11-8-5-2/h21,24,29,32,36,39,57H,4-20,22-23,25-28,30-31,33-35,37-38,40-56H2,1-3H3/b24-21-,32-29-,39-36-. The van der Waals surface area contributed by atoms with Crippen LogP contribution in [0, 0.1) is 0 Å². The molecule has 0 aromatic rings. The number of hydrogen-bond acceptors (Lipinski definition) is 6. The molecule has 386 valence electrons. The van der Waals surface area contributed by atoms with Crippen molar-refractivity contribution in [1.29, 1.82) is 0 Å². The van der Waals surface area contributed by atoms with Crippen LogP contribution in [0.25, 0.3) is 0 Å². The smallest absolute Gasteiger partial charge is 0.306 e. The van der Waals surface area contributed by atoms with Crippen LogP contribution < -0.4 is 0 Å². The van der Waals surface area contributed by atoms with Gasteiger partial charge in [-0.1, -0.05) is 256 Å². The van der Waals surface area contributed by atoms with Crippen molar-refractivity contribution in [1.82, 2.24) is 0 Å². The second-order valence-corrected chi connectivity index (χ2v) is 19.6. The summed E-state index contributed by atoms with van der Waals surface area (Å²) in [5.41, 5.74) is 0. The molecule has 0 N–H and O–H groups in total. The highest BCUT2D eigenvalue weighted by molar-refractivity contribution is 5.71. The van der Waals surface area contributed by atoms with E-state index in [1.807, 2.05) is 0 Å². The SMILES string of the molecule is CCCCCC/C=C\CCCCCCCCCC(=O)OCC(COC(=O)CCCCCCCCCCCCCCCCCCC)OC(=O)CCCCC/C=C\C=C/CCCCCCCCC. The first-order valence-corrected chi connectivity index (χ1v) is 29.0. The van der Waals surface area contributed by atoms with E-state index >= 15 is 0 Å². The molecular formula is C60H110O6. The van der Waals surface area contributed by atoms with E-state index in [2.05, 4.69) is 57.2 Å². The highest BCUT2D eigenvalue weighted by Gasteiger charge is 2.19. The fourth-order valence-corrected chi connectivity index (χ4v) is 8.49. The molecule has 0 saturated carbocycles. The minimum absolute atomic E-state index is 0.0805. The second kappa shape index (κ2) is 55.2. The molecule has 0 aliphatic carbocycles. The first kappa shape index (κ1) is 63.6. The van der Waals surface area contributed by atoms with Gasteiger partial charge >= 0.3 is 17.9 Å². The third kappa shape index (κ3) is 52.6. The molecule has 1 unspecified atom stereocenters. The largest absolute Gasteiger partial charge is 0.462 e. The Labute approximate surface area is 410 Å². The summed E-state index contributed by atoms with van der Waals surface area (Å²) in [4.78, 5) is 38.1. The van der Waals surface area contributed by atoms with Crippen LogP contribution in [0.2, 0.25) is 0 Å². The maximum Gasteiger partial charge on any atom is 0.306 e. The second-order valence-electron chi connectivity index (χ2n) is 19.6. The first-order chi connectivity index (χ1) is 32.5. The van der Waals surface area contributed by atoms with Gasteiger partial charge in [0.05, 0.1) is 0 Å². The van der Waals surface area contributed by atoms with Gasteiger partial charge in [0.15, 0.2) is 6.10 Å². The van der Waals surface area contributed by atoms with Crippen molar-refractivity contribution < 1.29 is 28.6 Å². The monoisotopic (exact) mass is 927 g/mol. The molecule has 0 aromatic carbocycles. The third-order valence-electron chi connectivity index (χ3n) is 12.9. The Bertz CT molecular complexity index is 1110. The Hall–Kier alpha value is -2.37. The Morgan fingerprint density at radius 2 is 0.545 bits per heavy atom. The summed E-state index contributed by atoms with van der Waals surface area (Å²) < 4.78 is 16.9. The summed E-state index contributed by atoms with van der Waals surface area (Å²) in [5, 5.41) is 0. The molecule has 6 heteroatoms. The fraction of sp³-hybridized carbons (Fsp3) is 0.850. The van der Waals surface area contributed by atoms with Gasteiger partial charge in [-0.3, -0.25) is 14.4 Å². The maximum absolute atomic E-state index is 12.8. The zero-order chi connectivity index (χ0) is 47.9. The average molecular weight is 928 g/mol. The van der Waals surface area contributed by atoms with Crippen LogP contribution in [0.4, 0.5) is 0 Å². The number of carbonyl (C=O) groups excluding carboxylic acids is 3. The minimum Gasteiger partial charge on any atom is -0.462 e. The topological polar surface area (TPSA) is 78.9 Å². The van der Waals surface area contributed by atoms with Gasteiger partial charge in [0.2, 0.25) is 0 Å². The molecule has 0 aliphatic rings. The van der Waals surface area contributed by atoms with Crippen molar-refractivity contribution in [3.8, 4) is 0 Å². The highest BCUT2D eigenvalue weighted by atomic mass is 16.6. The fourth-order valence-electron chi connectivity index (χ4n) is 8.49. The van der Waals surface area contributed by atoms with E-state index in [0.29, 0.717) is 19.3 Å². The number of unbranched alkanes of at least 4 members (excludes halogenated alkanes) is 37. The van der Waals surface area contributed by atoms with Crippen molar-refractivity contribution in [2.24, 2.45) is 0 Å². The van der Waals surface area contributed by atoms with E-state index in [9.17, 15) is 14.4 Å². The molecule has 0 bridgehead atoms. The molecule has 0 heterocycles. The van der Waals surface area contributed by atoms with Crippen LogP contribution in [0.15, 0.2) is 36.5 Å². The van der Waals surface area contributed by atoms with Crippen LogP contribution >= 0.6 is 0 Å². The Morgan fingerprint density at radius 1 is 0.303 bits per heavy atom. The van der Waals surface area contributed by atoms with Gasteiger partial charge in [-0.15, -0.1) is 0 Å². The molecule has 66 heavy (non-hydrogen) atoms. The van der Waals surface area contributed by atoms with Crippen LogP contribution in [0.5, 0.6) is 0 Å². The van der Waals surface area contributed by atoms with E-state index in [4.69, 9.17) is 14.2 Å². The van der Waals surface area contributed by atoms with Crippen molar-refractivity contribution in [2.45, 2.75) is 316 Å². The molecule has 0 amide bonds. The molecule has 0 rings (SSSR count). The molecule has 0 spiro atoms. The zero-order valence-corrected chi connectivity index (χ0v) is 44.2. The van der Waals surface area contributed by atoms with Gasteiger partial charge in [-0.25, -0.2) is 0 Å². The average Bonchev–Trinajstić information content (AvgIpc) is 3.31. The van der Waals surface area contributed by atoms with E-state index in [-0.39, 0.29) is 31.1 Å². The van der Waals surface area contributed by atoms with E-state index in [0.717, 1.165) is 70.6 Å². The first-order valence-electron chi connectivity index (χ1n) is 29.0. The predicted octanol–water partition coefficient (Wildman–Crippen LogP) is 19.3. The van der Waals surface area contributed by atoms with Crippen molar-refractivity contribution in [3.05, 3.63) is 36.5 Å². The predicted molar refractivity (Wildman–Crippen MR) is 284 cm³/mol. The molecule has 0 aromatic heterocycles. The van der Waals surface area contributed by atoms with Gasteiger partial charge in [0.25, 0.3) is 0 Å². The highest BCUT2D eigenvalue weighted by Crippen LogP contribution is 2.16. The van der Waals surface area contributed by atoms with Crippen molar-refractivity contribution in [2.75, 3.05) is 13.2 Å². The van der Waals surface area contributed by atoms with Gasteiger partial charge in [0.1, 0.15) is 13.2 Å². The Kier molecular flexibility index (Phi) is 53.2. The Balaban J connectivity index is 4.38. The summed E-state index contributed by atoms with van der Waals surface area (Å²) in [7, 11) is 0. The lowest BCUT2D eigenvalue weighted by atomic mass is 10.0. The van der Waals surface area contributed by atoms with E-state index in [1.54, 1.807) is 0 Å². The van der Waals surface area contributed by atoms with Gasteiger partial charge in [-0.2, -0.15) is 0 Å².